The van der Waals surface area contributed by atoms with E-state index in [1.807, 2.05) is 18.2 Å². The van der Waals surface area contributed by atoms with Crippen molar-refractivity contribution >= 4 is 28.6 Å². The summed E-state index contributed by atoms with van der Waals surface area (Å²) in [5.74, 6) is 1.06. The van der Waals surface area contributed by atoms with E-state index in [4.69, 9.17) is 9.73 Å². The number of aryl methyl sites for hydroxylation is 1. The molecular formula is C23H25N3O2S. The monoisotopic (exact) mass is 407 g/mol. The standard InChI is InChI=1S/C23H25N3O2S/c1-14(2)11-26-20(17-8-9-21-19(10-17)24-22(27)12-28-21)13-29-23(26)25-18-7-5-6-15(3)16(18)4/h5-10,13-14H,11-12H2,1-4H3,(H,24,27). The van der Waals surface area contributed by atoms with Crippen molar-refractivity contribution in [1.82, 2.24) is 4.57 Å². The second-order valence-electron chi connectivity index (χ2n) is 7.79. The molecule has 150 valence electrons. The average molecular weight is 408 g/mol. The summed E-state index contributed by atoms with van der Waals surface area (Å²) >= 11 is 1.64. The van der Waals surface area contributed by atoms with E-state index in [1.165, 1.54) is 11.1 Å². The molecule has 1 aliphatic rings. The van der Waals surface area contributed by atoms with Gasteiger partial charge in [-0.05, 0) is 55.2 Å². The summed E-state index contributed by atoms with van der Waals surface area (Å²) in [4.78, 5) is 17.7. The predicted molar refractivity (Wildman–Crippen MR) is 118 cm³/mol. The van der Waals surface area contributed by atoms with Crippen LogP contribution in [0, 0.1) is 19.8 Å². The molecule has 4 rings (SSSR count). The number of ether oxygens (including phenoxy) is 1. The number of carbonyl (C=O) groups excluding carboxylic acids is 1. The third-order valence-electron chi connectivity index (χ3n) is 5.05. The maximum atomic E-state index is 11.7. The van der Waals surface area contributed by atoms with Crippen LogP contribution in [-0.4, -0.2) is 17.1 Å². The summed E-state index contributed by atoms with van der Waals surface area (Å²) in [6, 6.07) is 12.2. The number of rotatable bonds is 4. The molecule has 0 aliphatic carbocycles. The van der Waals surface area contributed by atoms with Crippen molar-refractivity contribution in [3.8, 4) is 17.0 Å². The quantitative estimate of drug-likeness (QED) is 0.658. The van der Waals surface area contributed by atoms with Crippen molar-refractivity contribution < 1.29 is 9.53 Å². The molecule has 1 N–H and O–H groups in total. The molecule has 0 bridgehead atoms. The van der Waals surface area contributed by atoms with Gasteiger partial charge in [-0.25, -0.2) is 4.99 Å². The molecule has 6 heteroatoms. The highest BCUT2D eigenvalue weighted by Gasteiger charge is 2.18. The second-order valence-corrected chi connectivity index (χ2v) is 8.62. The molecule has 1 aromatic heterocycles. The third-order valence-corrected chi connectivity index (χ3v) is 5.91. The van der Waals surface area contributed by atoms with Gasteiger partial charge in [-0.1, -0.05) is 26.0 Å². The van der Waals surface area contributed by atoms with Gasteiger partial charge >= 0.3 is 0 Å². The number of hydrogen-bond acceptors (Lipinski definition) is 4. The van der Waals surface area contributed by atoms with Crippen molar-refractivity contribution in [3.63, 3.8) is 0 Å². The minimum absolute atomic E-state index is 0.0665. The maximum absolute atomic E-state index is 11.7. The number of carbonyl (C=O) groups is 1. The normalized spacial score (nSPS) is 14.0. The first kappa shape index (κ1) is 19.5. The Bertz CT molecular complexity index is 1140. The molecule has 3 aromatic rings. The number of aromatic nitrogens is 1. The summed E-state index contributed by atoms with van der Waals surface area (Å²) in [6.07, 6.45) is 0. The van der Waals surface area contributed by atoms with E-state index in [9.17, 15) is 4.79 Å². The molecule has 1 aliphatic heterocycles. The molecule has 0 saturated heterocycles. The molecular weight excluding hydrogens is 382 g/mol. The zero-order valence-corrected chi connectivity index (χ0v) is 18.0. The summed E-state index contributed by atoms with van der Waals surface area (Å²) in [6.45, 7) is 9.56. The van der Waals surface area contributed by atoms with Crippen LogP contribution in [0.25, 0.3) is 11.3 Å². The summed E-state index contributed by atoms with van der Waals surface area (Å²) in [5, 5.41) is 5.04. The fourth-order valence-electron chi connectivity index (χ4n) is 3.39. The van der Waals surface area contributed by atoms with Crippen LogP contribution >= 0.6 is 11.3 Å². The van der Waals surface area contributed by atoms with Crippen molar-refractivity contribution in [2.45, 2.75) is 34.2 Å². The van der Waals surface area contributed by atoms with Crippen molar-refractivity contribution in [2.24, 2.45) is 10.9 Å². The van der Waals surface area contributed by atoms with E-state index >= 15 is 0 Å². The molecule has 2 aromatic carbocycles. The number of benzene rings is 2. The van der Waals surface area contributed by atoms with Crippen LogP contribution in [0.1, 0.15) is 25.0 Å². The van der Waals surface area contributed by atoms with E-state index in [0.29, 0.717) is 17.4 Å². The summed E-state index contributed by atoms with van der Waals surface area (Å²) < 4.78 is 7.76. The van der Waals surface area contributed by atoms with Gasteiger partial charge in [0, 0.05) is 17.5 Å². The van der Waals surface area contributed by atoms with Gasteiger partial charge in [0.25, 0.3) is 5.91 Å². The Morgan fingerprint density at radius 1 is 1.24 bits per heavy atom. The summed E-state index contributed by atoms with van der Waals surface area (Å²) in [5.41, 5.74) is 6.29. The summed E-state index contributed by atoms with van der Waals surface area (Å²) in [7, 11) is 0. The third kappa shape index (κ3) is 3.98. The lowest BCUT2D eigenvalue weighted by Gasteiger charge is -2.19. The molecule has 0 atom stereocenters. The first-order chi connectivity index (χ1) is 13.9. The number of fused-ring (bicyclic) bond motifs is 1. The Morgan fingerprint density at radius 3 is 2.86 bits per heavy atom. The minimum Gasteiger partial charge on any atom is -0.482 e. The topological polar surface area (TPSA) is 55.6 Å². The van der Waals surface area contributed by atoms with Crippen LogP contribution in [0.5, 0.6) is 5.75 Å². The van der Waals surface area contributed by atoms with E-state index in [2.05, 4.69) is 61.2 Å². The first-order valence-electron chi connectivity index (χ1n) is 9.78. The lowest BCUT2D eigenvalue weighted by Crippen LogP contribution is -2.25. The molecule has 0 fully saturated rings. The smallest absolute Gasteiger partial charge is 0.262 e. The number of nitrogens with zero attached hydrogens (tertiary/aromatic N) is 2. The average Bonchev–Trinajstić information content (AvgIpc) is 3.06. The van der Waals surface area contributed by atoms with Crippen LogP contribution in [0.4, 0.5) is 11.4 Å². The van der Waals surface area contributed by atoms with E-state index in [1.54, 1.807) is 11.3 Å². The maximum Gasteiger partial charge on any atom is 0.262 e. The van der Waals surface area contributed by atoms with Gasteiger partial charge in [0.15, 0.2) is 11.4 Å². The fraction of sp³-hybridized carbons (Fsp3) is 0.304. The van der Waals surface area contributed by atoms with Gasteiger partial charge < -0.3 is 14.6 Å². The molecule has 0 spiro atoms. The zero-order valence-electron chi connectivity index (χ0n) is 17.2. The highest BCUT2D eigenvalue weighted by Crippen LogP contribution is 2.33. The van der Waals surface area contributed by atoms with Crippen molar-refractivity contribution in [1.29, 1.82) is 0 Å². The van der Waals surface area contributed by atoms with Crippen molar-refractivity contribution in [2.75, 3.05) is 11.9 Å². The van der Waals surface area contributed by atoms with Gasteiger partial charge in [-0.3, -0.25) is 4.79 Å². The van der Waals surface area contributed by atoms with Crippen LogP contribution in [0.3, 0.4) is 0 Å². The Hall–Kier alpha value is -2.86. The molecule has 2 heterocycles. The van der Waals surface area contributed by atoms with Gasteiger partial charge in [-0.15, -0.1) is 11.3 Å². The van der Waals surface area contributed by atoms with Gasteiger partial charge in [0.2, 0.25) is 0 Å². The van der Waals surface area contributed by atoms with Crippen LogP contribution in [0.15, 0.2) is 46.8 Å². The number of hydrogen-bond donors (Lipinski definition) is 1. The Labute approximate surface area is 174 Å². The zero-order chi connectivity index (χ0) is 20.5. The fourth-order valence-corrected chi connectivity index (χ4v) is 4.32. The van der Waals surface area contributed by atoms with Crippen LogP contribution in [0.2, 0.25) is 0 Å². The van der Waals surface area contributed by atoms with Gasteiger partial charge in [-0.2, -0.15) is 0 Å². The Morgan fingerprint density at radius 2 is 2.07 bits per heavy atom. The minimum atomic E-state index is -0.124. The van der Waals surface area contributed by atoms with Crippen LogP contribution in [-0.2, 0) is 11.3 Å². The van der Waals surface area contributed by atoms with E-state index in [0.717, 1.165) is 28.3 Å². The molecule has 0 unspecified atom stereocenters. The second kappa shape index (κ2) is 7.87. The predicted octanol–water partition coefficient (Wildman–Crippen LogP) is 5.05. The Balaban J connectivity index is 1.83. The van der Waals surface area contributed by atoms with Gasteiger partial charge in [0.1, 0.15) is 5.75 Å². The Kier molecular flexibility index (Phi) is 5.28. The number of nitrogens with one attached hydrogen (secondary N) is 1. The number of anilines is 1. The van der Waals surface area contributed by atoms with Gasteiger partial charge in [0.05, 0.1) is 17.1 Å². The molecule has 29 heavy (non-hydrogen) atoms. The molecule has 0 saturated carbocycles. The van der Waals surface area contributed by atoms with E-state index < -0.39 is 0 Å². The molecule has 0 radical (unpaired) electrons. The first-order valence-corrected chi connectivity index (χ1v) is 10.7. The highest BCUT2D eigenvalue weighted by molar-refractivity contribution is 7.07. The van der Waals surface area contributed by atoms with Crippen molar-refractivity contribution in [3.05, 3.63) is 57.7 Å². The van der Waals surface area contributed by atoms with E-state index in [-0.39, 0.29) is 12.5 Å². The largest absolute Gasteiger partial charge is 0.482 e. The van der Waals surface area contributed by atoms with Crippen LogP contribution < -0.4 is 14.9 Å². The number of amides is 1. The highest BCUT2D eigenvalue weighted by atomic mass is 32.1. The lowest BCUT2D eigenvalue weighted by molar-refractivity contribution is -0.118. The lowest BCUT2D eigenvalue weighted by atomic mass is 10.1. The molecule has 1 amide bonds. The SMILES string of the molecule is Cc1cccc(N=c2scc(-c3ccc4c(c3)NC(=O)CO4)n2CC(C)C)c1C. The number of thiazole rings is 1. The molecule has 5 nitrogen and oxygen atoms in total.